The molecule has 3 rings (SSSR count). The third-order valence-electron chi connectivity index (χ3n) is 4.59. The molecule has 0 unspecified atom stereocenters. The first-order chi connectivity index (χ1) is 12.5. The van der Waals surface area contributed by atoms with Crippen LogP contribution in [-0.4, -0.2) is 32.8 Å². The van der Waals surface area contributed by atoms with E-state index >= 15 is 0 Å². The lowest BCUT2D eigenvalue weighted by molar-refractivity contribution is -0.119. The standard InChI is InChI=1S/C19H22N4O3/c1-13(24)21-11-16-10-14(7-8-20-16)17-4-3-9-23(17)19(26)15-5-6-18(25)22(2)12-15/h5-8,10,12,17H,3-4,9,11H2,1-2H3,(H,21,24)/t17-/m0/s1. The molecule has 2 amide bonds. The molecular formula is C19H22N4O3. The number of nitrogens with zero attached hydrogens (tertiary/aromatic N) is 3. The van der Waals surface area contributed by atoms with Crippen LogP contribution in [-0.2, 0) is 18.4 Å². The van der Waals surface area contributed by atoms with Gasteiger partial charge in [-0.2, -0.15) is 0 Å². The van der Waals surface area contributed by atoms with Crippen molar-refractivity contribution < 1.29 is 9.59 Å². The Morgan fingerprint density at radius 1 is 1.31 bits per heavy atom. The van der Waals surface area contributed by atoms with Gasteiger partial charge in [0.2, 0.25) is 11.5 Å². The third kappa shape index (κ3) is 3.82. The molecule has 2 aromatic rings. The number of amides is 2. The quantitative estimate of drug-likeness (QED) is 0.899. The number of aryl methyl sites for hydroxylation is 1. The predicted molar refractivity (Wildman–Crippen MR) is 96.5 cm³/mol. The second kappa shape index (κ2) is 7.51. The van der Waals surface area contributed by atoms with E-state index in [-0.39, 0.29) is 23.4 Å². The van der Waals surface area contributed by atoms with Gasteiger partial charge < -0.3 is 14.8 Å². The van der Waals surface area contributed by atoms with Gasteiger partial charge >= 0.3 is 0 Å². The Morgan fingerprint density at radius 3 is 2.85 bits per heavy atom. The average Bonchev–Trinajstić information content (AvgIpc) is 3.11. The Morgan fingerprint density at radius 2 is 2.12 bits per heavy atom. The van der Waals surface area contributed by atoms with Crippen molar-refractivity contribution in [2.45, 2.75) is 32.4 Å². The number of aromatic nitrogens is 2. The van der Waals surface area contributed by atoms with Gasteiger partial charge in [0.05, 0.1) is 23.8 Å². The van der Waals surface area contributed by atoms with Crippen molar-refractivity contribution in [1.29, 1.82) is 0 Å². The second-order valence-corrected chi connectivity index (χ2v) is 6.51. The van der Waals surface area contributed by atoms with E-state index < -0.39 is 0 Å². The lowest BCUT2D eigenvalue weighted by atomic mass is 10.0. The SMILES string of the molecule is CC(=O)NCc1cc([C@@H]2CCCN2C(=O)c2ccc(=O)n(C)c2)ccn1. The highest BCUT2D eigenvalue weighted by molar-refractivity contribution is 5.94. The summed E-state index contributed by atoms with van der Waals surface area (Å²) in [5, 5.41) is 2.74. The molecule has 0 radical (unpaired) electrons. The van der Waals surface area contributed by atoms with Gasteiger partial charge in [0.25, 0.3) is 5.91 Å². The van der Waals surface area contributed by atoms with Gasteiger partial charge in [0.1, 0.15) is 0 Å². The fourth-order valence-electron chi connectivity index (χ4n) is 3.26. The number of pyridine rings is 2. The molecule has 136 valence electrons. The molecular weight excluding hydrogens is 332 g/mol. The summed E-state index contributed by atoms with van der Waals surface area (Å²) in [4.78, 5) is 41.7. The van der Waals surface area contributed by atoms with E-state index in [1.54, 1.807) is 25.5 Å². The molecule has 0 saturated carbocycles. The minimum absolute atomic E-state index is 0.0289. The average molecular weight is 354 g/mol. The smallest absolute Gasteiger partial charge is 0.255 e. The molecule has 0 bridgehead atoms. The predicted octanol–water partition coefficient (Wildman–Crippen LogP) is 1.39. The number of nitrogens with one attached hydrogen (secondary N) is 1. The number of hydrogen-bond donors (Lipinski definition) is 1. The van der Waals surface area contributed by atoms with Crippen LogP contribution in [0.15, 0.2) is 41.5 Å². The lowest BCUT2D eigenvalue weighted by Crippen LogP contribution is -2.31. The Bertz CT molecular complexity index is 890. The highest BCUT2D eigenvalue weighted by atomic mass is 16.2. The van der Waals surface area contributed by atoms with E-state index in [4.69, 9.17) is 0 Å². The van der Waals surface area contributed by atoms with Gasteiger partial charge in [-0.25, -0.2) is 0 Å². The zero-order chi connectivity index (χ0) is 18.7. The summed E-state index contributed by atoms with van der Waals surface area (Å²) in [6, 6.07) is 6.81. The molecule has 2 aromatic heterocycles. The summed E-state index contributed by atoms with van der Waals surface area (Å²) in [6.45, 7) is 2.51. The molecule has 0 aromatic carbocycles. The zero-order valence-corrected chi connectivity index (χ0v) is 14.9. The van der Waals surface area contributed by atoms with Crippen molar-refractivity contribution in [2.75, 3.05) is 6.54 Å². The fraction of sp³-hybridized carbons (Fsp3) is 0.368. The number of carbonyl (C=O) groups is 2. The maximum absolute atomic E-state index is 12.9. The first-order valence-electron chi connectivity index (χ1n) is 8.62. The minimum atomic E-state index is -0.142. The summed E-state index contributed by atoms with van der Waals surface area (Å²) >= 11 is 0. The molecule has 3 heterocycles. The minimum Gasteiger partial charge on any atom is -0.351 e. The first-order valence-corrected chi connectivity index (χ1v) is 8.62. The summed E-state index contributed by atoms with van der Waals surface area (Å²) in [7, 11) is 1.64. The summed E-state index contributed by atoms with van der Waals surface area (Å²) in [5.74, 6) is -0.187. The van der Waals surface area contributed by atoms with Crippen molar-refractivity contribution >= 4 is 11.8 Å². The highest BCUT2D eigenvalue weighted by Crippen LogP contribution is 2.33. The van der Waals surface area contributed by atoms with Crippen LogP contribution >= 0.6 is 0 Å². The molecule has 7 heteroatoms. The van der Waals surface area contributed by atoms with Gasteiger partial charge in [-0.05, 0) is 36.6 Å². The van der Waals surface area contributed by atoms with Gasteiger partial charge in [-0.15, -0.1) is 0 Å². The van der Waals surface area contributed by atoms with Crippen molar-refractivity contribution in [3.63, 3.8) is 0 Å². The van der Waals surface area contributed by atoms with Crippen LogP contribution in [0.25, 0.3) is 0 Å². The van der Waals surface area contributed by atoms with E-state index in [1.165, 1.54) is 17.6 Å². The third-order valence-corrected chi connectivity index (χ3v) is 4.59. The summed E-state index contributed by atoms with van der Waals surface area (Å²) in [6.07, 6.45) is 5.08. The van der Waals surface area contributed by atoms with Crippen LogP contribution < -0.4 is 10.9 Å². The lowest BCUT2D eigenvalue weighted by Gasteiger charge is -2.25. The monoisotopic (exact) mass is 354 g/mol. The molecule has 1 atom stereocenters. The van der Waals surface area contributed by atoms with Crippen molar-refractivity contribution in [2.24, 2.45) is 7.05 Å². The number of carbonyl (C=O) groups excluding carboxylic acids is 2. The largest absolute Gasteiger partial charge is 0.351 e. The Labute approximate surface area is 151 Å². The second-order valence-electron chi connectivity index (χ2n) is 6.51. The Kier molecular flexibility index (Phi) is 5.16. The molecule has 1 N–H and O–H groups in total. The molecule has 1 aliphatic rings. The number of likely N-dealkylation sites (tertiary alicyclic amines) is 1. The molecule has 1 aliphatic heterocycles. The Hall–Kier alpha value is -2.96. The van der Waals surface area contributed by atoms with E-state index in [0.29, 0.717) is 18.7 Å². The van der Waals surface area contributed by atoms with Gasteiger partial charge in [-0.1, -0.05) is 0 Å². The van der Waals surface area contributed by atoms with Crippen LogP contribution in [0.4, 0.5) is 0 Å². The van der Waals surface area contributed by atoms with Crippen LogP contribution in [0, 0.1) is 0 Å². The van der Waals surface area contributed by atoms with Crippen LogP contribution in [0.2, 0.25) is 0 Å². The van der Waals surface area contributed by atoms with Crippen LogP contribution in [0.1, 0.15) is 47.4 Å². The summed E-state index contributed by atoms with van der Waals surface area (Å²) in [5.41, 5.74) is 2.14. The first kappa shape index (κ1) is 17.8. The number of hydrogen-bond acceptors (Lipinski definition) is 4. The van der Waals surface area contributed by atoms with Crippen LogP contribution in [0.5, 0.6) is 0 Å². The van der Waals surface area contributed by atoms with Crippen molar-refractivity contribution in [1.82, 2.24) is 19.8 Å². The topological polar surface area (TPSA) is 84.3 Å². The maximum Gasteiger partial charge on any atom is 0.255 e. The molecule has 0 aliphatic carbocycles. The normalized spacial score (nSPS) is 16.5. The highest BCUT2D eigenvalue weighted by Gasteiger charge is 2.31. The van der Waals surface area contributed by atoms with E-state index in [0.717, 1.165) is 24.1 Å². The number of rotatable bonds is 4. The van der Waals surface area contributed by atoms with Gasteiger partial charge in [0.15, 0.2) is 0 Å². The molecule has 26 heavy (non-hydrogen) atoms. The molecule has 7 nitrogen and oxygen atoms in total. The fourth-order valence-corrected chi connectivity index (χ4v) is 3.26. The molecule has 1 fully saturated rings. The van der Waals surface area contributed by atoms with Gasteiger partial charge in [-0.3, -0.25) is 19.4 Å². The van der Waals surface area contributed by atoms with Gasteiger partial charge in [0, 0.05) is 39.0 Å². The summed E-state index contributed by atoms with van der Waals surface area (Å²) < 4.78 is 1.41. The van der Waals surface area contributed by atoms with E-state index in [9.17, 15) is 14.4 Å². The van der Waals surface area contributed by atoms with Crippen molar-refractivity contribution in [3.8, 4) is 0 Å². The zero-order valence-electron chi connectivity index (χ0n) is 14.9. The maximum atomic E-state index is 12.9. The molecule has 0 spiro atoms. The van der Waals surface area contributed by atoms with Crippen molar-refractivity contribution in [3.05, 3.63) is 63.8 Å². The molecule has 1 saturated heterocycles. The van der Waals surface area contributed by atoms with E-state index in [2.05, 4.69) is 10.3 Å². The van der Waals surface area contributed by atoms with Crippen LogP contribution in [0.3, 0.4) is 0 Å². The van der Waals surface area contributed by atoms with E-state index in [1.807, 2.05) is 17.0 Å². The Balaban J connectivity index is 1.82.